The molecule has 0 amide bonds. The highest BCUT2D eigenvalue weighted by Crippen LogP contribution is 2.38. The number of halogens is 3. The number of aromatic nitrogens is 1. The zero-order chi connectivity index (χ0) is 24.9. The van der Waals surface area contributed by atoms with Crippen molar-refractivity contribution in [2.75, 3.05) is 6.54 Å². The first-order chi connectivity index (χ1) is 16.7. The van der Waals surface area contributed by atoms with Gasteiger partial charge in [0.2, 0.25) is 10.0 Å². The summed E-state index contributed by atoms with van der Waals surface area (Å²) in [6.45, 7) is 0.254. The summed E-state index contributed by atoms with van der Waals surface area (Å²) in [7, 11) is -3.91. The van der Waals surface area contributed by atoms with E-state index >= 15 is 0 Å². The van der Waals surface area contributed by atoms with Crippen molar-refractivity contribution in [3.05, 3.63) is 95.8 Å². The summed E-state index contributed by atoms with van der Waals surface area (Å²) in [5.41, 5.74) is 8.60. The van der Waals surface area contributed by atoms with Crippen molar-refractivity contribution >= 4 is 22.4 Å². The summed E-state index contributed by atoms with van der Waals surface area (Å²) in [6, 6.07) is 15.9. The number of benzene rings is 2. The molecule has 1 heterocycles. The summed E-state index contributed by atoms with van der Waals surface area (Å²) in [5.74, 6) is -0.781. The number of hydrogen-bond donors (Lipinski definition) is 2. The van der Waals surface area contributed by atoms with Crippen molar-refractivity contribution in [3.63, 3.8) is 0 Å². The normalized spacial score (nSPS) is 20.9. The lowest BCUT2D eigenvalue weighted by Crippen LogP contribution is -2.46. The monoisotopic (exact) mass is 535 g/mol. The van der Waals surface area contributed by atoms with E-state index in [1.54, 1.807) is 6.20 Å². The van der Waals surface area contributed by atoms with E-state index in [4.69, 9.17) is 5.73 Å². The molecule has 9 heteroatoms. The molecule has 3 N–H and O–H groups in total. The van der Waals surface area contributed by atoms with E-state index in [0.717, 1.165) is 55.7 Å². The Kier molecular flexibility index (Phi) is 9.58. The summed E-state index contributed by atoms with van der Waals surface area (Å²) in [4.78, 5) is 3.88. The van der Waals surface area contributed by atoms with Crippen LogP contribution in [0.4, 0.5) is 8.78 Å². The molecular formula is C27H32ClF2N3O2S. The van der Waals surface area contributed by atoms with Crippen molar-refractivity contribution in [2.24, 2.45) is 11.7 Å². The van der Waals surface area contributed by atoms with Gasteiger partial charge in [-0.15, -0.1) is 12.4 Å². The first kappa shape index (κ1) is 28.2. The Labute approximate surface area is 218 Å². The van der Waals surface area contributed by atoms with E-state index in [0.29, 0.717) is 0 Å². The van der Waals surface area contributed by atoms with Gasteiger partial charge in [0.1, 0.15) is 16.5 Å². The maximum absolute atomic E-state index is 13.9. The highest BCUT2D eigenvalue weighted by atomic mass is 35.5. The number of nitrogens with zero attached hydrogens (tertiary/aromatic N) is 1. The largest absolute Gasteiger partial charge is 0.325 e. The molecule has 4 rings (SSSR count). The van der Waals surface area contributed by atoms with Gasteiger partial charge in [-0.3, -0.25) is 4.98 Å². The predicted molar refractivity (Wildman–Crippen MR) is 139 cm³/mol. The minimum atomic E-state index is -3.91. The lowest BCUT2D eigenvalue weighted by atomic mass is 9.71. The molecule has 1 aliphatic carbocycles. The average Bonchev–Trinajstić information content (AvgIpc) is 2.85. The van der Waals surface area contributed by atoms with Crippen LogP contribution < -0.4 is 10.5 Å². The van der Waals surface area contributed by atoms with E-state index in [-0.39, 0.29) is 41.5 Å². The minimum absolute atomic E-state index is 0. The number of nitrogens with one attached hydrogen (secondary N) is 1. The van der Waals surface area contributed by atoms with E-state index in [9.17, 15) is 17.2 Å². The first-order valence-corrected chi connectivity index (χ1v) is 13.4. The van der Waals surface area contributed by atoms with Crippen molar-refractivity contribution in [3.8, 4) is 0 Å². The SMILES string of the molecule is Cl.N[C@]1(CC(Cc2cccnc2)c2ccc(F)cc2)CC[C@H](CNS(=O)(=O)c2ccccc2F)CC1. The van der Waals surface area contributed by atoms with Crippen LogP contribution in [0, 0.1) is 17.6 Å². The third-order valence-electron chi connectivity index (χ3n) is 6.99. The summed E-state index contributed by atoms with van der Waals surface area (Å²) in [6.07, 6.45) is 8.14. The van der Waals surface area contributed by atoms with Gasteiger partial charge in [-0.05, 0) is 91.8 Å². The van der Waals surface area contributed by atoms with E-state index < -0.39 is 21.4 Å². The van der Waals surface area contributed by atoms with Gasteiger partial charge in [-0.25, -0.2) is 21.9 Å². The fourth-order valence-corrected chi connectivity index (χ4v) is 6.16. The molecule has 2 aromatic carbocycles. The van der Waals surface area contributed by atoms with Gasteiger partial charge in [-0.1, -0.05) is 30.3 Å². The Morgan fingerprint density at radius 3 is 2.36 bits per heavy atom. The molecule has 0 bridgehead atoms. The highest BCUT2D eigenvalue weighted by Gasteiger charge is 2.35. The molecule has 194 valence electrons. The van der Waals surface area contributed by atoms with Crippen LogP contribution >= 0.6 is 12.4 Å². The highest BCUT2D eigenvalue weighted by molar-refractivity contribution is 7.89. The van der Waals surface area contributed by atoms with Crippen LogP contribution in [0.3, 0.4) is 0 Å². The van der Waals surface area contributed by atoms with Crippen LogP contribution in [-0.4, -0.2) is 25.5 Å². The van der Waals surface area contributed by atoms with Crippen molar-refractivity contribution < 1.29 is 17.2 Å². The summed E-state index contributed by atoms with van der Waals surface area (Å²) >= 11 is 0. The topological polar surface area (TPSA) is 85.1 Å². The van der Waals surface area contributed by atoms with Gasteiger partial charge in [0.05, 0.1) is 0 Å². The van der Waals surface area contributed by atoms with Crippen molar-refractivity contribution in [1.29, 1.82) is 0 Å². The van der Waals surface area contributed by atoms with E-state index in [2.05, 4.69) is 9.71 Å². The fraction of sp³-hybridized carbons (Fsp3) is 0.370. The van der Waals surface area contributed by atoms with Crippen LogP contribution in [0.15, 0.2) is 78.0 Å². The van der Waals surface area contributed by atoms with E-state index in [1.807, 2.05) is 30.5 Å². The molecule has 36 heavy (non-hydrogen) atoms. The molecule has 1 unspecified atom stereocenters. The fourth-order valence-electron chi connectivity index (χ4n) is 4.97. The average molecular weight is 536 g/mol. The summed E-state index contributed by atoms with van der Waals surface area (Å²) < 4.78 is 55.1. The molecule has 0 radical (unpaired) electrons. The molecule has 0 spiro atoms. The van der Waals surface area contributed by atoms with Crippen LogP contribution in [0.2, 0.25) is 0 Å². The van der Waals surface area contributed by atoms with E-state index in [1.165, 1.54) is 30.3 Å². The molecule has 1 saturated carbocycles. The number of pyridine rings is 1. The smallest absolute Gasteiger partial charge is 0.243 e. The Hall–Kier alpha value is -2.39. The van der Waals surface area contributed by atoms with Gasteiger partial charge in [0.15, 0.2) is 0 Å². The number of sulfonamides is 1. The van der Waals surface area contributed by atoms with Crippen LogP contribution in [0.5, 0.6) is 0 Å². The molecule has 1 aromatic heterocycles. The Balaban J connectivity index is 0.00000361. The van der Waals surface area contributed by atoms with Gasteiger partial charge in [-0.2, -0.15) is 0 Å². The van der Waals surface area contributed by atoms with Crippen molar-refractivity contribution in [1.82, 2.24) is 9.71 Å². The lowest BCUT2D eigenvalue weighted by molar-refractivity contribution is 0.211. The third-order valence-corrected chi connectivity index (χ3v) is 8.45. The molecule has 1 aliphatic rings. The lowest BCUT2D eigenvalue weighted by Gasteiger charge is -2.39. The molecule has 3 aromatic rings. The Bertz CT molecular complexity index is 1220. The van der Waals surface area contributed by atoms with Crippen LogP contribution in [0.1, 0.15) is 49.1 Å². The Morgan fingerprint density at radius 2 is 1.72 bits per heavy atom. The summed E-state index contributed by atoms with van der Waals surface area (Å²) in [5, 5.41) is 0. The standard InChI is InChI=1S/C27H31F2N3O2S.ClH/c28-24-9-7-22(8-10-24)23(16-21-4-3-15-31-18-21)17-27(30)13-11-20(12-14-27)19-32-35(33,34)26-6-2-1-5-25(26)29;/h1-10,15,18,20,23,32H,11-14,16-17,19,30H2;1H/t20-,23?,27+;. The van der Waals surface area contributed by atoms with Gasteiger partial charge in [0.25, 0.3) is 0 Å². The maximum Gasteiger partial charge on any atom is 0.243 e. The zero-order valence-electron chi connectivity index (χ0n) is 19.9. The molecule has 0 aliphatic heterocycles. The third kappa shape index (κ3) is 7.32. The second-order valence-electron chi connectivity index (χ2n) is 9.61. The van der Waals surface area contributed by atoms with Gasteiger partial charge < -0.3 is 5.73 Å². The zero-order valence-corrected chi connectivity index (χ0v) is 21.6. The molecule has 5 nitrogen and oxygen atoms in total. The second-order valence-corrected chi connectivity index (χ2v) is 11.3. The van der Waals surface area contributed by atoms with Crippen molar-refractivity contribution in [2.45, 2.75) is 54.9 Å². The van der Waals surface area contributed by atoms with Gasteiger partial charge >= 0.3 is 0 Å². The minimum Gasteiger partial charge on any atom is -0.325 e. The Morgan fingerprint density at radius 1 is 1.03 bits per heavy atom. The maximum atomic E-state index is 13.9. The second kappa shape index (κ2) is 12.2. The van der Waals surface area contributed by atoms with Crippen LogP contribution in [0.25, 0.3) is 0 Å². The molecule has 0 saturated heterocycles. The predicted octanol–water partition coefficient (Wildman–Crippen LogP) is 5.36. The number of hydrogen-bond acceptors (Lipinski definition) is 4. The first-order valence-electron chi connectivity index (χ1n) is 11.9. The number of rotatable bonds is 9. The quantitative estimate of drug-likeness (QED) is 0.386. The molecule has 1 atom stereocenters. The van der Waals surface area contributed by atoms with Gasteiger partial charge in [0, 0.05) is 24.5 Å². The molecule has 1 fully saturated rings. The van der Waals surface area contributed by atoms with Crippen LogP contribution in [-0.2, 0) is 16.4 Å². The number of nitrogens with two attached hydrogens (primary N) is 1. The molecular weight excluding hydrogens is 504 g/mol.